The monoisotopic (exact) mass is 446 g/mol. The zero-order valence-electron chi connectivity index (χ0n) is 17.5. The van der Waals surface area contributed by atoms with Crippen LogP contribution < -0.4 is 0 Å². The van der Waals surface area contributed by atoms with Gasteiger partial charge in [-0.25, -0.2) is 4.98 Å². The molecule has 1 saturated heterocycles. The number of hydrogen-bond acceptors (Lipinski definition) is 4. The van der Waals surface area contributed by atoms with Gasteiger partial charge in [0.25, 0.3) is 0 Å². The van der Waals surface area contributed by atoms with E-state index in [2.05, 4.69) is 15.0 Å². The number of morpholine rings is 1. The molecular formula is C25H23ClN4O2. The number of carbonyl (C=O) groups excluding carboxylic acids is 1. The fourth-order valence-electron chi connectivity index (χ4n) is 4.00. The summed E-state index contributed by atoms with van der Waals surface area (Å²) < 4.78 is 5.92. The van der Waals surface area contributed by atoms with Crippen molar-refractivity contribution in [2.24, 2.45) is 0 Å². The molecule has 0 radical (unpaired) electrons. The third kappa shape index (κ3) is 4.52. The van der Waals surface area contributed by atoms with Crippen LogP contribution in [0.5, 0.6) is 0 Å². The molecule has 0 spiro atoms. The molecule has 3 heterocycles. The van der Waals surface area contributed by atoms with Crippen LogP contribution in [0.1, 0.15) is 24.0 Å². The fourth-order valence-corrected chi connectivity index (χ4v) is 4.19. The van der Waals surface area contributed by atoms with Gasteiger partial charge in [0, 0.05) is 36.2 Å². The van der Waals surface area contributed by atoms with Gasteiger partial charge in [0.05, 0.1) is 29.9 Å². The molecule has 5 rings (SSSR count). The number of aromatic amines is 1. The number of hydrogen-bond donors (Lipinski definition) is 1. The molecule has 7 heteroatoms. The fraction of sp³-hybridized carbons (Fsp3) is 0.240. The zero-order valence-corrected chi connectivity index (χ0v) is 18.3. The van der Waals surface area contributed by atoms with Crippen LogP contribution in [0, 0.1) is 0 Å². The van der Waals surface area contributed by atoms with Gasteiger partial charge in [-0.3, -0.25) is 9.78 Å². The highest BCUT2D eigenvalue weighted by atomic mass is 35.5. The van der Waals surface area contributed by atoms with E-state index >= 15 is 0 Å². The Morgan fingerprint density at radius 3 is 2.84 bits per heavy atom. The highest BCUT2D eigenvalue weighted by Gasteiger charge is 2.26. The van der Waals surface area contributed by atoms with Crippen LogP contribution in [0.2, 0.25) is 5.02 Å². The number of fused-ring (bicyclic) bond motifs is 1. The third-order valence-corrected chi connectivity index (χ3v) is 5.94. The largest absolute Gasteiger partial charge is 0.368 e. The molecule has 32 heavy (non-hydrogen) atoms. The van der Waals surface area contributed by atoms with Gasteiger partial charge in [0.15, 0.2) is 0 Å². The van der Waals surface area contributed by atoms with E-state index in [9.17, 15) is 4.79 Å². The van der Waals surface area contributed by atoms with Gasteiger partial charge in [0.1, 0.15) is 11.9 Å². The van der Waals surface area contributed by atoms with E-state index < -0.39 is 0 Å². The molecule has 1 N–H and O–H groups in total. The molecule has 4 aromatic rings. The van der Waals surface area contributed by atoms with Gasteiger partial charge >= 0.3 is 0 Å². The van der Waals surface area contributed by atoms with Crippen molar-refractivity contribution in [2.75, 3.05) is 19.7 Å². The maximum Gasteiger partial charge on any atom is 0.223 e. The highest BCUT2D eigenvalue weighted by molar-refractivity contribution is 6.30. The van der Waals surface area contributed by atoms with Crippen LogP contribution in [-0.4, -0.2) is 45.5 Å². The lowest BCUT2D eigenvalue weighted by Crippen LogP contribution is -2.42. The number of benzene rings is 2. The Morgan fingerprint density at radius 1 is 1.12 bits per heavy atom. The number of halogens is 1. The molecule has 0 bridgehead atoms. The van der Waals surface area contributed by atoms with Gasteiger partial charge in [0.2, 0.25) is 5.91 Å². The summed E-state index contributed by atoms with van der Waals surface area (Å²) in [5.74, 6) is 0.942. The summed E-state index contributed by atoms with van der Waals surface area (Å²) in [6, 6.07) is 19.6. The SMILES string of the molecule is O=C(CCc1nc2ccccc2[nH]1)N1CCOC(c2ccc(-c3cccc(Cl)c3)cn2)C1. The van der Waals surface area contributed by atoms with Crippen LogP contribution in [0.25, 0.3) is 22.2 Å². The average Bonchev–Trinajstić information content (AvgIpc) is 3.26. The third-order valence-electron chi connectivity index (χ3n) is 5.71. The van der Waals surface area contributed by atoms with Crippen LogP contribution in [-0.2, 0) is 16.0 Å². The number of aromatic nitrogens is 3. The van der Waals surface area contributed by atoms with Gasteiger partial charge < -0.3 is 14.6 Å². The van der Waals surface area contributed by atoms with E-state index in [-0.39, 0.29) is 12.0 Å². The number of amides is 1. The Labute approximate surface area is 191 Å². The van der Waals surface area contributed by atoms with Crippen molar-refractivity contribution in [1.82, 2.24) is 19.9 Å². The summed E-state index contributed by atoms with van der Waals surface area (Å²) in [4.78, 5) is 27.1. The summed E-state index contributed by atoms with van der Waals surface area (Å²) in [5.41, 5.74) is 4.75. The maximum atomic E-state index is 12.8. The molecule has 1 atom stereocenters. The molecule has 1 aliphatic rings. The van der Waals surface area contributed by atoms with Gasteiger partial charge in [-0.05, 0) is 35.9 Å². The van der Waals surface area contributed by atoms with Crippen LogP contribution in [0.3, 0.4) is 0 Å². The van der Waals surface area contributed by atoms with Gasteiger partial charge in [-0.2, -0.15) is 0 Å². The summed E-state index contributed by atoms with van der Waals surface area (Å²) in [6.45, 7) is 1.59. The minimum atomic E-state index is -0.229. The number of para-hydroxylation sites is 2. The molecular weight excluding hydrogens is 424 g/mol. The molecule has 0 saturated carbocycles. The second kappa shape index (κ2) is 9.10. The predicted molar refractivity (Wildman–Crippen MR) is 124 cm³/mol. The molecule has 1 aliphatic heterocycles. The van der Waals surface area contributed by atoms with E-state index in [0.717, 1.165) is 33.7 Å². The van der Waals surface area contributed by atoms with E-state index in [0.29, 0.717) is 37.6 Å². The van der Waals surface area contributed by atoms with Crippen molar-refractivity contribution in [2.45, 2.75) is 18.9 Å². The molecule has 162 valence electrons. The molecule has 1 unspecified atom stereocenters. The smallest absolute Gasteiger partial charge is 0.223 e. The normalized spacial score (nSPS) is 16.4. The minimum Gasteiger partial charge on any atom is -0.368 e. The van der Waals surface area contributed by atoms with Crippen molar-refractivity contribution in [3.63, 3.8) is 0 Å². The lowest BCUT2D eigenvalue weighted by Gasteiger charge is -2.32. The standard InChI is InChI=1S/C25H23ClN4O2/c26-19-5-3-4-17(14-19)18-8-9-22(27-15-18)23-16-30(12-13-32-23)25(31)11-10-24-28-20-6-1-2-7-21(20)29-24/h1-9,14-15,23H,10-13,16H2,(H,28,29). The predicted octanol–water partition coefficient (Wildman–Crippen LogP) is 4.81. The highest BCUT2D eigenvalue weighted by Crippen LogP contribution is 2.26. The Morgan fingerprint density at radius 2 is 2.03 bits per heavy atom. The van der Waals surface area contributed by atoms with Crippen molar-refractivity contribution in [3.8, 4) is 11.1 Å². The van der Waals surface area contributed by atoms with Crippen molar-refractivity contribution < 1.29 is 9.53 Å². The number of nitrogens with one attached hydrogen (secondary N) is 1. The number of carbonyl (C=O) groups is 1. The quantitative estimate of drug-likeness (QED) is 0.477. The van der Waals surface area contributed by atoms with Crippen molar-refractivity contribution in [1.29, 1.82) is 0 Å². The molecule has 2 aromatic heterocycles. The second-order valence-electron chi connectivity index (χ2n) is 7.88. The van der Waals surface area contributed by atoms with E-state index in [4.69, 9.17) is 16.3 Å². The number of imidazole rings is 1. The van der Waals surface area contributed by atoms with Crippen LogP contribution >= 0.6 is 11.6 Å². The van der Waals surface area contributed by atoms with Gasteiger partial charge in [-0.1, -0.05) is 41.9 Å². The average molecular weight is 447 g/mol. The molecule has 6 nitrogen and oxygen atoms in total. The Hall–Kier alpha value is -3.22. The molecule has 0 aliphatic carbocycles. The number of nitrogens with zero attached hydrogens (tertiary/aromatic N) is 3. The summed E-state index contributed by atoms with van der Waals surface area (Å²) in [5, 5.41) is 0.694. The van der Waals surface area contributed by atoms with E-state index in [1.54, 1.807) is 0 Å². The second-order valence-corrected chi connectivity index (χ2v) is 8.32. The number of aryl methyl sites for hydroxylation is 1. The summed E-state index contributed by atoms with van der Waals surface area (Å²) in [6.07, 6.45) is 2.59. The number of rotatable bonds is 5. The maximum absolute atomic E-state index is 12.8. The Balaban J connectivity index is 1.21. The first-order valence-corrected chi connectivity index (χ1v) is 11.1. The summed E-state index contributed by atoms with van der Waals surface area (Å²) >= 11 is 6.10. The molecule has 1 fully saturated rings. The lowest BCUT2D eigenvalue weighted by atomic mass is 10.1. The minimum absolute atomic E-state index is 0.106. The zero-order chi connectivity index (χ0) is 21.9. The Kier molecular flexibility index (Phi) is 5.88. The first-order valence-electron chi connectivity index (χ1n) is 10.7. The number of pyridine rings is 1. The van der Waals surface area contributed by atoms with Crippen LogP contribution in [0.15, 0.2) is 66.9 Å². The van der Waals surface area contributed by atoms with Crippen molar-refractivity contribution in [3.05, 3.63) is 83.4 Å². The topological polar surface area (TPSA) is 71.1 Å². The molecule has 2 aromatic carbocycles. The first-order chi connectivity index (χ1) is 15.7. The molecule has 1 amide bonds. The Bertz CT molecular complexity index is 1210. The number of H-pyrrole nitrogens is 1. The van der Waals surface area contributed by atoms with Crippen LogP contribution in [0.4, 0.5) is 0 Å². The van der Waals surface area contributed by atoms with E-state index in [1.165, 1.54) is 0 Å². The number of ether oxygens (including phenoxy) is 1. The van der Waals surface area contributed by atoms with Crippen molar-refractivity contribution >= 4 is 28.5 Å². The van der Waals surface area contributed by atoms with Gasteiger partial charge in [-0.15, -0.1) is 0 Å². The first kappa shape index (κ1) is 20.7. The lowest BCUT2D eigenvalue weighted by molar-refractivity contribution is -0.139. The van der Waals surface area contributed by atoms with E-state index in [1.807, 2.05) is 71.8 Å². The summed E-state index contributed by atoms with van der Waals surface area (Å²) in [7, 11) is 0.